The van der Waals surface area contributed by atoms with Gasteiger partial charge in [0.05, 0.1) is 5.54 Å². The van der Waals surface area contributed by atoms with Crippen molar-refractivity contribution in [3.05, 3.63) is 252 Å². The van der Waals surface area contributed by atoms with E-state index in [2.05, 4.69) is 286 Å². The molecule has 2 unspecified atom stereocenters. The molecule has 2 atom stereocenters. The molecule has 5 heteroatoms. The van der Waals surface area contributed by atoms with Gasteiger partial charge in [0, 0.05) is 68.0 Å². The molecule has 1 saturated carbocycles. The average Bonchev–Trinajstić information content (AvgIpc) is 1.99. The van der Waals surface area contributed by atoms with Crippen LogP contribution >= 0.6 is 0 Å². The van der Waals surface area contributed by atoms with Crippen LogP contribution in [0.4, 0.5) is 62.6 Å². The highest BCUT2D eigenvalue weighted by atomic mass is 15.3. The molecule has 0 spiro atoms. The molecule has 0 aromatic heterocycles. The van der Waals surface area contributed by atoms with Gasteiger partial charge in [0.25, 0.3) is 6.71 Å². The molecule has 16 rings (SSSR count). The molecule has 0 bridgehead atoms. The molecule has 406 valence electrons. The molecule has 0 amide bonds. The van der Waals surface area contributed by atoms with Gasteiger partial charge in [-0.3, -0.25) is 0 Å². The summed E-state index contributed by atoms with van der Waals surface area (Å²) in [6.07, 6.45) is 8.93. The van der Waals surface area contributed by atoms with E-state index in [9.17, 15) is 0 Å². The smallest absolute Gasteiger partial charge is 0.252 e. The molecular weight excluding hydrogens is 1000 g/mol. The Hall–Kier alpha value is -8.54. The largest absolute Gasteiger partial charge is 0.334 e. The zero-order valence-corrected chi connectivity index (χ0v) is 48.9. The molecule has 3 heterocycles. The van der Waals surface area contributed by atoms with Crippen LogP contribution in [0.2, 0.25) is 0 Å². The van der Waals surface area contributed by atoms with Crippen molar-refractivity contribution in [3.63, 3.8) is 0 Å². The second-order valence-corrected chi connectivity index (χ2v) is 27.1. The summed E-state index contributed by atoms with van der Waals surface area (Å²) < 4.78 is 0. The summed E-state index contributed by atoms with van der Waals surface area (Å²) in [5, 5.41) is 0. The van der Waals surface area contributed by atoms with Crippen molar-refractivity contribution >= 4 is 85.7 Å². The first-order valence-electron chi connectivity index (χ1n) is 30.6. The van der Waals surface area contributed by atoms with Crippen LogP contribution in [-0.4, -0.2) is 12.3 Å². The van der Waals surface area contributed by atoms with Gasteiger partial charge in [0.1, 0.15) is 0 Å². The first kappa shape index (κ1) is 50.2. The predicted molar refractivity (Wildman–Crippen MR) is 351 cm³/mol. The summed E-state index contributed by atoms with van der Waals surface area (Å²) in [7, 11) is 0. The molecule has 10 aromatic carbocycles. The molecule has 0 N–H and O–H groups in total. The minimum atomic E-state index is -0.231. The van der Waals surface area contributed by atoms with E-state index >= 15 is 0 Å². The number of nitrogens with zero attached hydrogens (tertiary/aromatic N) is 4. The lowest BCUT2D eigenvalue weighted by Crippen LogP contribution is -2.61. The van der Waals surface area contributed by atoms with Crippen LogP contribution in [0.15, 0.2) is 224 Å². The van der Waals surface area contributed by atoms with Crippen LogP contribution in [0, 0.1) is 10.8 Å². The van der Waals surface area contributed by atoms with Gasteiger partial charge >= 0.3 is 0 Å². The van der Waals surface area contributed by atoms with Crippen LogP contribution in [0.1, 0.15) is 95.0 Å². The van der Waals surface area contributed by atoms with Gasteiger partial charge in [0.2, 0.25) is 0 Å². The standard InChI is InChI=1S/C78H71BN4/c1-75(2)48-56-32-34-63(41-57(56)49-75)82-71-44-59-51-76(3,4)50-58(59)42-68(71)79-67-36-33-55(53-24-13-8-14-25-53)43-70(67)81(62-31-21-26-54(40-62)52-22-11-7-12-23-52)72-46-65(47-73(82)74(72)79)83-69-37-35-64(45-66(69)77(5)38-19-20-39-78(77,83)6)80(60-27-15-9-16-28-60)61-29-17-10-18-30-61/h7-18,21-37,40-47H,19-20,38-39,48-51H2,1-6H3. The van der Waals surface area contributed by atoms with Gasteiger partial charge in [0.15, 0.2) is 0 Å². The minimum absolute atomic E-state index is 0.0121. The van der Waals surface area contributed by atoms with E-state index < -0.39 is 0 Å². The van der Waals surface area contributed by atoms with Crippen LogP contribution in [0.5, 0.6) is 0 Å². The van der Waals surface area contributed by atoms with Crippen molar-refractivity contribution in [2.24, 2.45) is 10.8 Å². The van der Waals surface area contributed by atoms with Crippen molar-refractivity contribution in [1.29, 1.82) is 0 Å². The average molecular weight is 1080 g/mol. The SMILES string of the molecule is CC1(C)Cc2ccc(N3c4cc5c(cc4B4c6ccc(-c7ccccc7)cc6N(c6cccc(-c7ccccc7)c6)c6cc(N7c8ccc(N(c9ccccc9)c9ccccc9)cc8C8(C)CCCCC78C)cc3c64)CC(C)(C)C5)cc2C1. The maximum absolute atomic E-state index is 2.84. The van der Waals surface area contributed by atoms with Crippen LogP contribution in [0.3, 0.4) is 0 Å². The first-order chi connectivity index (χ1) is 40.3. The van der Waals surface area contributed by atoms with Gasteiger partial charge in [-0.1, -0.05) is 181 Å². The third-order valence-corrected chi connectivity index (χ3v) is 20.5. The zero-order chi connectivity index (χ0) is 56.0. The molecular formula is C78H71BN4. The van der Waals surface area contributed by atoms with Crippen LogP contribution in [0.25, 0.3) is 22.3 Å². The summed E-state index contributed by atoms with van der Waals surface area (Å²) in [4.78, 5) is 10.7. The third-order valence-electron chi connectivity index (χ3n) is 20.5. The topological polar surface area (TPSA) is 13.0 Å². The lowest BCUT2D eigenvalue weighted by atomic mass is 9.33. The summed E-state index contributed by atoms with van der Waals surface area (Å²) in [5.41, 5.74) is 30.0. The quantitative estimate of drug-likeness (QED) is 0.141. The molecule has 0 saturated heterocycles. The van der Waals surface area contributed by atoms with E-state index in [1.54, 1.807) is 0 Å². The van der Waals surface area contributed by atoms with Gasteiger partial charge < -0.3 is 19.6 Å². The van der Waals surface area contributed by atoms with Crippen LogP contribution < -0.4 is 36.0 Å². The Morgan fingerprint density at radius 3 is 1.55 bits per heavy atom. The highest BCUT2D eigenvalue weighted by Crippen LogP contribution is 2.63. The van der Waals surface area contributed by atoms with Crippen molar-refractivity contribution in [1.82, 2.24) is 0 Å². The molecule has 0 radical (unpaired) electrons. The van der Waals surface area contributed by atoms with Gasteiger partial charge in [-0.2, -0.15) is 0 Å². The molecule has 83 heavy (non-hydrogen) atoms. The van der Waals surface area contributed by atoms with E-state index in [0.29, 0.717) is 0 Å². The monoisotopic (exact) mass is 1070 g/mol. The molecule has 6 aliphatic rings. The fourth-order valence-electron chi connectivity index (χ4n) is 16.5. The van der Waals surface area contributed by atoms with Gasteiger partial charge in [-0.05, 0) is 214 Å². The van der Waals surface area contributed by atoms with E-state index in [0.717, 1.165) is 55.6 Å². The second-order valence-electron chi connectivity index (χ2n) is 27.1. The molecule has 10 aromatic rings. The molecule has 3 aliphatic heterocycles. The summed E-state index contributed by atoms with van der Waals surface area (Å²) >= 11 is 0. The summed E-state index contributed by atoms with van der Waals surface area (Å²) in [5.74, 6) is 0. The van der Waals surface area contributed by atoms with E-state index in [-0.39, 0.29) is 28.5 Å². The first-order valence-corrected chi connectivity index (χ1v) is 30.6. The number of anilines is 11. The fraction of sp³-hybridized carbons (Fsp3) is 0.231. The normalized spacial score (nSPS) is 20.0. The zero-order valence-electron chi connectivity index (χ0n) is 48.9. The highest BCUT2D eigenvalue weighted by molar-refractivity contribution is 7.00. The number of para-hydroxylation sites is 2. The summed E-state index contributed by atoms with van der Waals surface area (Å²) in [6, 6.07) is 86.1. The number of benzene rings is 10. The maximum Gasteiger partial charge on any atom is 0.252 e. The van der Waals surface area contributed by atoms with E-state index in [1.165, 1.54) is 125 Å². The number of hydrogen-bond acceptors (Lipinski definition) is 4. The highest BCUT2D eigenvalue weighted by Gasteiger charge is 2.58. The Kier molecular flexibility index (Phi) is 11.2. The minimum Gasteiger partial charge on any atom is -0.334 e. The Morgan fingerprint density at radius 1 is 0.361 bits per heavy atom. The Bertz CT molecular complexity index is 4190. The van der Waals surface area contributed by atoms with Crippen LogP contribution in [-0.2, 0) is 31.1 Å². The Labute approximate surface area is 491 Å². The molecule has 1 fully saturated rings. The van der Waals surface area contributed by atoms with Crippen molar-refractivity contribution in [2.75, 3.05) is 19.6 Å². The lowest BCUT2D eigenvalue weighted by molar-refractivity contribution is 0.195. The Morgan fingerprint density at radius 2 is 0.904 bits per heavy atom. The fourth-order valence-corrected chi connectivity index (χ4v) is 16.5. The molecule has 4 nitrogen and oxygen atoms in total. The number of fused-ring (bicyclic) bond motifs is 9. The van der Waals surface area contributed by atoms with Gasteiger partial charge in [-0.25, -0.2) is 0 Å². The maximum atomic E-state index is 2.84. The number of hydrogen-bond donors (Lipinski definition) is 0. The third kappa shape index (κ3) is 7.86. The lowest BCUT2D eigenvalue weighted by Gasteiger charge is -2.51. The van der Waals surface area contributed by atoms with Crippen molar-refractivity contribution in [2.45, 2.75) is 104 Å². The van der Waals surface area contributed by atoms with Crippen molar-refractivity contribution in [3.8, 4) is 22.3 Å². The van der Waals surface area contributed by atoms with Gasteiger partial charge in [-0.15, -0.1) is 0 Å². The number of rotatable bonds is 8. The Balaban J connectivity index is 0.993. The summed E-state index contributed by atoms with van der Waals surface area (Å²) in [6.45, 7) is 15.0. The van der Waals surface area contributed by atoms with E-state index in [4.69, 9.17) is 0 Å². The predicted octanol–water partition coefficient (Wildman–Crippen LogP) is 18.6. The van der Waals surface area contributed by atoms with E-state index in [1.807, 2.05) is 0 Å². The van der Waals surface area contributed by atoms with Crippen molar-refractivity contribution < 1.29 is 0 Å². The molecule has 3 aliphatic carbocycles. The second kappa shape index (κ2) is 18.5.